The van der Waals surface area contributed by atoms with Gasteiger partial charge in [-0.1, -0.05) is 0 Å². The number of carbonyl (C=O) groups is 1. The minimum Gasteiger partial charge on any atom is -0.381 e. The van der Waals surface area contributed by atoms with E-state index in [0.29, 0.717) is 18.0 Å². The smallest absolute Gasteiger partial charge is 0.251 e. The van der Waals surface area contributed by atoms with Crippen LogP contribution in [0, 0.1) is 5.92 Å². The van der Waals surface area contributed by atoms with Crippen molar-refractivity contribution in [3.8, 4) is 0 Å². The number of amides is 1. The molecular weight excluding hydrogens is 230 g/mol. The van der Waals surface area contributed by atoms with Crippen LogP contribution >= 0.6 is 0 Å². The van der Waals surface area contributed by atoms with Crippen LogP contribution in [-0.4, -0.2) is 25.7 Å². The van der Waals surface area contributed by atoms with E-state index in [-0.39, 0.29) is 5.91 Å². The van der Waals surface area contributed by atoms with Crippen molar-refractivity contribution in [2.75, 3.05) is 25.2 Å². The molecule has 0 aromatic heterocycles. The van der Waals surface area contributed by atoms with E-state index in [1.807, 2.05) is 0 Å². The lowest BCUT2D eigenvalue weighted by Gasteiger charge is -2.09. The lowest BCUT2D eigenvalue weighted by Crippen LogP contribution is -2.26. The predicted molar refractivity (Wildman–Crippen MR) is 70.1 cm³/mol. The minimum absolute atomic E-state index is 0.0440. The summed E-state index contributed by atoms with van der Waals surface area (Å²) in [7, 11) is 0. The number of hydrazine groups is 1. The molecule has 1 aromatic carbocycles. The summed E-state index contributed by atoms with van der Waals surface area (Å²) in [6, 6.07) is 7.06. The van der Waals surface area contributed by atoms with Gasteiger partial charge in [-0.05, 0) is 43.0 Å². The van der Waals surface area contributed by atoms with Crippen molar-refractivity contribution in [2.45, 2.75) is 12.8 Å². The maximum atomic E-state index is 11.8. The average Bonchev–Trinajstić information content (AvgIpc) is 2.92. The SMILES string of the molecule is NNc1ccc(C(=O)NCCC2CCOC2)cc1. The molecule has 1 saturated heterocycles. The van der Waals surface area contributed by atoms with Gasteiger partial charge in [-0.15, -0.1) is 0 Å². The third-order valence-electron chi connectivity index (χ3n) is 3.18. The Morgan fingerprint density at radius 2 is 2.17 bits per heavy atom. The van der Waals surface area contributed by atoms with Crippen molar-refractivity contribution in [1.29, 1.82) is 0 Å². The first-order valence-electron chi connectivity index (χ1n) is 6.22. The molecule has 1 aliphatic rings. The fourth-order valence-electron chi connectivity index (χ4n) is 2.02. The summed E-state index contributed by atoms with van der Waals surface area (Å²) in [4.78, 5) is 11.8. The molecule has 98 valence electrons. The third-order valence-corrected chi connectivity index (χ3v) is 3.18. The average molecular weight is 249 g/mol. The minimum atomic E-state index is -0.0440. The summed E-state index contributed by atoms with van der Waals surface area (Å²) < 4.78 is 5.29. The van der Waals surface area contributed by atoms with Crippen LogP contribution in [0.15, 0.2) is 24.3 Å². The molecule has 1 amide bonds. The maximum absolute atomic E-state index is 11.8. The number of ether oxygens (including phenoxy) is 1. The molecule has 5 heteroatoms. The number of hydrogen-bond donors (Lipinski definition) is 3. The topological polar surface area (TPSA) is 76.4 Å². The van der Waals surface area contributed by atoms with E-state index >= 15 is 0 Å². The molecule has 0 aliphatic carbocycles. The first-order chi connectivity index (χ1) is 8.79. The summed E-state index contributed by atoms with van der Waals surface area (Å²) in [6.07, 6.45) is 2.08. The molecule has 2 rings (SSSR count). The van der Waals surface area contributed by atoms with Gasteiger partial charge in [0.1, 0.15) is 0 Å². The van der Waals surface area contributed by atoms with E-state index in [1.165, 1.54) is 0 Å². The van der Waals surface area contributed by atoms with Crippen LogP contribution in [0.2, 0.25) is 0 Å². The van der Waals surface area contributed by atoms with Crippen LogP contribution < -0.4 is 16.6 Å². The number of nitrogen functional groups attached to an aromatic ring is 1. The molecule has 18 heavy (non-hydrogen) atoms. The molecule has 1 atom stereocenters. The zero-order valence-electron chi connectivity index (χ0n) is 10.3. The van der Waals surface area contributed by atoms with E-state index in [4.69, 9.17) is 10.6 Å². The van der Waals surface area contributed by atoms with Gasteiger partial charge in [-0.3, -0.25) is 10.6 Å². The molecule has 1 unspecified atom stereocenters. The second kappa shape index (κ2) is 6.37. The highest BCUT2D eigenvalue weighted by Crippen LogP contribution is 2.15. The van der Waals surface area contributed by atoms with E-state index in [1.54, 1.807) is 24.3 Å². The Labute approximate surface area is 107 Å². The summed E-state index contributed by atoms with van der Waals surface area (Å²) in [5.74, 6) is 5.81. The van der Waals surface area contributed by atoms with Crippen molar-refractivity contribution in [3.63, 3.8) is 0 Å². The van der Waals surface area contributed by atoms with Crippen LogP contribution in [0.3, 0.4) is 0 Å². The summed E-state index contributed by atoms with van der Waals surface area (Å²) in [5, 5.41) is 2.92. The van der Waals surface area contributed by atoms with E-state index in [0.717, 1.165) is 31.7 Å². The van der Waals surface area contributed by atoms with Crippen molar-refractivity contribution in [2.24, 2.45) is 11.8 Å². The van der Waals surface area contributed by atoms with Gasteiger partial charge in [0.2, 0.25) is 0 Å². The number of nitrogens with two attached hydrogens (primary N) is 1. The molecule has 0 radical (unpaired) electrons. The van der Waals surface area contributed by atoms with Gasteiger partial charge in [-0.25, -0.2) is 0 Å². The van der Waals surface area contributed by atoms with Gasteiger partial charge in [0.15, 0.2) is 0 Å². The summed E-state index contributed by atoms with van der Waals surface area (Å²) in [6.45, 7) is 2.38. The number of hydrogen-bond acceptors (Lipinski definition) is 4. The molecule has 1 aliphatic heterocycles. The second-order valence-electron chi connectivity index (χ2n) is 4.50. The normalized spacial score (nSPS) is 18.6. The van der Waals surface area contributed by atoms with Crippen molar-refractivity contribution in [1.82, 2.24) is 5.32 Å². The monoisotopic (exact) mass is 249 g/mol. The molecule has 1 heterocycles. The molecule has 0 spiro atoms. The first-order valence-corrected chi connectivity index (χ1v) is 6.22. The fourth-order valence-corrected chi connectivity index (χ4v) is 2.02. The largest absolute Gasteiger partial charge is 0.381 e. The Bertz CT molecular complexity index is 386. The summed E-state index contributed by atoms with van der Waals surface area (Å²) >= 11 is 0. The zero-order valence-corrected chi connectivity index (χ0v) is 10.3. The molecule has 1 fully saturated rings. The molecule has 5 nitrogen and oxygen atoms in total. The Morgan fingerprint density at radius 1 is 1.39 bits per heavy atom. The maximum Gasteiger partial charge on any atom is 0.251 e. The highest BCUT2D eigenvalue weighted by Gasteiger charge is 2.15. The van der Waals surface area contributed by atoms with Crippen LogP contribution in [0.4, 0.5) is 5.69 Å². The predicted octanol–water partition coefficient (Wildman–Crippen LogP) is 1.13. The lowest BCUT2D eigenvalue weighted by molar-refractivity contribution is 0.0950. The Morgan fingerprint density at radius 3 is 2.78 bits per heavy atom. The zero-order chi connectivity index (χ0) is 12.8. The highest BCUT2D eigenvalue weighted by atomic mass is 16.5. The Hall–Kier alpha value is -1.59. The van der Waals surface area contributed by atoms with Gasteiger partial charge >= 0.3 is 0 Å². The number of rotatable bonds is 5. The Balaban J connectivity index is 1.76. The van der Waals surface area contributed by atoms with Crippen LogP contribution in [-0.2, 0) is 4.74 Å². The number of benzene rings is 1. The number of carbonyl (C=O) groups excluding carboxylic acids is 1. The van der Waals surface area contributed by atoms with Crippen molar-refractivity contribution in [3.05, 3.63) is 29.8 Å². The number of nitrogens with one attached hydrogen (secondary N) is 2. The fraction of sp³-hybridized carbons (Fsp3) is 0.462. The van der Waals surface area contributed by atoms with Gasteiger partial charge in [0.25, 0.3) is 5.91 Å². The van der Waals surface area contributed by atoms with E-state index in [9.17, 15) is 4.79 Å². The molecule has 0 bridgehead atoms. The molecule has 0 saturated carbocycles. The van der Waals surface area contributed by atoms with Crippen LogP contribution in [0.25, 0.3) is 0 Å². The van der Waals surface area contributed by atoms with Crippen LogP contribution in [0.5, 0.6) is 0 Å². The van der Waals surface area contributed by atoms with E-state index in [2.05, 4.69) is 10.7 Å². The molecule has 4 N–H and O–H groups in total. The lowest BCUT2D eigenvalue weighted by atomic mass is 10.1. The van der Waals surface area contributed by atoms with Crippen molar-refractivity contribution >= 4 is 11.6 Å². The number of anilines is 1. The second-order valence-corrected chi connectivity index (χ2v) is 4.50. The molecular formula is C13H19N3O2. The molecule has 1 aromatic rings. The quantitative estimate of drug-likeness (QED) is 0.540. The highest BCUT2D eigenvalue weighted by molar-refractivity contribution is 5.94. The Kier molecular flexibility index (Phi) is 4.55. The summed E-state index contributed by atoms with van der Waals surface area (Å²) in [5.41, 5.74) is 3.96. The van der Waals surface area contributed by atoms with Gasteiger partial charge in [0.05, 0.1) is 0 Å². The van der Waals surface area contributed by atoms with E-state index < -0.39 is 0 Å². The first kappa shape index (κ1) is 12.9. The third kappa shape index (κ3) is 3.45. The van der Waals surface area contributed by atoms with Gasteiger partial charge in [0, 0.05) is 31.0 Å². The van der Waals surface area contributed by atoms with Crippen molar-refractivity contribution < 1.29 is 9.53 Å². The van der Waals surface area contributed by atoms with Gasteiger partial charge in [-0.2, -0.15) is 0 Å². The standard InChI is InChI=1S/C13H19N3O2/c14-16-12-3-1-11(2-4-12)13(17)15-7-5-10-6-8-18-9-10/h1-4,10,16H,5-9,14H2,(H,15,17). The van der Waals surface area contributed by atoms with Crippen LogP contribution in [0.1, 0.15) is 23.2 Å². The van der Waals surface area contributed by atoms with Gasteiger partial charge < -0.3 is 15.5 Å².